The van der Waals surface area contributed by atoms with Crippen LogP contribution < -0.4 is 5.32 Å². The number of benzene rings is 2. The average molecular weight is 424 g/mol. The largest absolute Gasteiger partial charge is 0.321 e. The Hall–Kier alpha value is -0.550. The lowest BCUT2D eigenvalue weighted by Gasteiger charge is -2.09. The van der Waals surface area contributed by atoms with Crippen LogP contribution in [0.5, 0.6) is 0 Å². The van der Waals surface area contributed by atoms with Crippen molar-refractivity contribution in [2.24, 2.45) is 0 Å². The molecule has 0 aliphatic heterocycles. The molecule has 0 fully saturated rings. The number of carbonyl (C=O) groups excluding carboxylic acids is 1. The Bertz CT molecular complexity index is 647. The third-order valence-corrected chi connectivity index (χ3v) is 4.05. The van der Waals surface area contributed by atoms with Crippen LogP contribution in [0.4, 0.5) is 5.69 Å². The summed E-state index contributed by atoms with van der Waals surface area (Å²) in [5, 5.41) is 3.66. The van der Waals surface area contributed by atoms with Crippen molar-refractivity contribution >= 4 is 66.7 Å². The fourth-order valence-electron chi connectivity index (χ4n) is 1.45. The van der Waals surface area contributed by atoms with Crippen molar-refractivity contribution in [3.63, 3.8) is 0 Å². The molecule has 2 rings (SSSR count). The first-order valence-corrected chi connectivity index (χ1v) is 7.53. The maximum Gasteiger partial charge on any atom is 0.256 e. The molecule has 98 valence electrons. The summed E-state index contributed by atoms with van der Waals surface area (Å²) in [4.78, 5) is 12.1. The van der Waals surface area contributed by atoms with Crippen LogP contribution in [0, 0.1) is 0 Å². The Kier molecular flexibility index (Phi) is 4.90. The molecule has 1 N–H and O–H groups in total. The maximum atomic E-state index is 12.1. The Morgan fingerprint density at radius 1 is 1.05 bits per heavy atom. The molecular formula is C13H7Br2Cl2NO. The molecule has 2 aromatic rings. The van der Waals surface area contributed by atoms with Crippen molar-refractivity contribution in [3.8, 4) is 0 Å². The number of hydrogen-bond donors (Lipinski definition) is 1. The number of nitrogens with one attached hydrogen (secondary N) is 1. The molecule has 0 unspecified atom stereocenters. The van der Waals surface area contributed by atoms with Crippen LogP contribution in [0.25, 0.3) is 0 Å². The highest BCUT2D eigenvalue weighted by Crippen LogP contribution is 2.27. The summed E-state index contributed by atoms with van der Waals surface area (Å²) in [7, 11) is 0. The highest BCUT2D eigenvalue weighted by atomic mass is 79.9. The molecule has 0 radical (unpaired) electrons. The van der Waals surface area contributed by atoms with Gasteiger partial charge in [0.25, 0.3) is 5.91 Å². The van der Waals surface area contributed by atoms with Crippen LogP contribution in [0.3, 0.4) is 0 Å². The van der Waals surface area contributed by atoms with Gasteiger partial charge >= 0.3 is 0 Å². The van der Waals surface area contributed by atoms with Crippen molar-refractivity contribution < 1.29 is 4.79 Å². The Balaban J connectivity index is 2.25. The van der Waals surface area contributed by atoms with E-state index in [4.69, 9.17) is 23.2 Å². The zero-order valence-corrected chi connectivity index (χ0v) is 14.1. The maximum absolute atomic E-state index is 12.1. The first kappa shape index (κ1) is 14.9. The highest BCUT2D eigenvalue weighted by Gasteiger charge is 2.12. The van der Waals surface area contributed by atoms with E-state index in [1.807, 2.05) is 0 Å². The standard InChI is InChI=1S/C13H7Br2Cl2NO/c14-7-1-3-9(10(15)5-7)13(19)18-12-4-2-8(16)6-11(12)17/h1-6H,(H,18,19). The van der Waals surface area contributed by atoms with E-state index in [1.165, 1.54) is 0 Å². The molecule has 6 heteroatoms. The first-order valence-electron chi connectivity index (χ1n) is 5.19. The minimum absolute atomic E-state index is 0.247. The highest BCUT2D eigenvalue weighted by molar-refractivity contribution is 9.11. The van der Waals surface area contributed by atoms with Crippen molar-refractivity contribution in [2.45, 2.75) is 0 Å². The number of anilines is 1. The van der Waals surface area contributed by atoms with Crippen LogP contribution in [0.1, 0.15) is 10.4 Å². The number of carbonyl (C=O) groups is 1. The molecule has 0 aliphatic rings. The van der Waals surface area contributed by atoms with E-state index in [0.29, 0.717) is 25.8 Å². The van der Waals surface area contributed by atoms with Gasteiger partial charge in [-0.15, -0.1) is 0 Å². The monoisotopic (exact) mass is 421 g/mol. The molecule has 0 bridgehead atoms. The van der Waals surface area contributed by atoms with E-state index < -0.39 is 0 Å². The van der Waals surface area contributed by atoms with Gasteiger partial charge in [0.05, 0.1) is 16.3 Å². The normalized spacial score (nSPS) is 10.3. The van der Waals surface area contributed by atoms with Gasteiger partial charge < -0.3 is 5.32 Å². The van der Waals surface area contributed by atoms with Gasteiger partial charge in [0, 0.05) is 14.0 Å². The van der Waals surface area contributed by atoms with Crippen LogP contribution in [0.2, 0.25) is 10.0 Å². The van der Waals surface area contributed by atoms with Gasteiger partial charge in [-0.1, -0.05) is 39.1 Å². The van der Waals surface area contributed by atoms with E-state index in [9.17, 15) is 4.79 Å². The van der Waals surface area contributed by atoms with Crippen LogP contribution in [-0.2, 0) is 0 Å². The van der Waals surface area contributed by atoms with Gasteiger partial charge in [-0.25, -0.2) is 0 Å². The third-order valence-electron chi connectivity index (χ3n) is 2.36. The van der Waals surface area contributed by atoms with Crippen molar-refractivity contribution in [1.82, 2.24) is 0 Å². The minimum Gasteiger partial charge on any atom is -0.321 e. The molecule has 0 atom stereocenters. The molecular weight excluding hydrogens is 417 g/mol. The van der Waals surface area contributed by atoms with Crippen molar-refractivity contribution in [1.29, 1.82) is 0 Å². The lowest BCUT2D eigenvalue weighted by Crippen LogP contribution is -2.12. The fourth-order valence-corrected chi connectivity index (χ4v) is 3.14. The van der Waals surface area contributed by atoms with E-state index in [1.54, 1.807) is 36.4 Å². The van der Waals surface area contributed by atoms with Gasteiger partial charge in [-0.3, -0.25) is 4.79 Å². The van der Waals surface area contributed by atoms with Crippen molar-refractivity contribution in [3.05, 3.63) is 61.0 Å². The summed E-state index contributed by atoms with van der Waals surface area (Å²) >= 11 is 18.5. The van der Waals surface area contributed by atoms with Crippen LogP contribution in [0.15, 0.2) is 45.3 Å². The summed E-state index contributed by atoms with van der Waals surface area (Å²) in [6, 6.07) is 10.2. The zero-order chi connectivity index (χ0) is 14.0. The lowest BCUT2D eigenvalue weighted by atomic mass is 10.2. The molecule has 2 nitrogen and oxygen atoms in total. The third kappa shape index (κ3) is 3.72. The summed E-state index contributed by atoms with van der Waals surface area (Å²) in [5.41, 5.74) is 1.04. The molecule has 0 saturated carbocycles. The predicted molar refractivity (Wildman–Crippen MR) is 86.3 cm³/mol. The first-order chi connectivity index (χ1) is 8.97. The predicted octanol–water partition coefficient (Wildman–Crippen LogP) is 5.77. The number of rotatable bonds is 2. The molecule has 2 aromatic carbocycles. The molecule has 0 saturated heterocycles. The molecule has 0 aromatic heterocycles. The quantitative estimate of drug-likeness (QED) is 0.652. The fraction of sp³-hybridized carbons (Fsp3) is 0. The van der Waals surface area contributed by atoms with Gasteiger partial charge in [-0.2, -0.15) is 0 Å². The second kappa shape index (κ2) is 6.27. The van der Waals surface area contributed by atoms with E-state index in [2.05, 4.69) is 37.2 Å². The van der Waals surface area contributed by atoms with Crippen LogP contribution in [-0.4, -0.2) is 5.91 Å². The van der Waals surface area contributed by atoms with Gasteiger partial charge in [0.2, 0.25) is 0 Å². The van der Waals surface area contributed by atoms with Crippen molar-refractivity contribution in [2.75, 3.05) is 5.32 Å². The lowest BCUT2D eigenvalue weighted by molar-refractivity contribution is 0.102. The average Bonchev–Trinajstić information content (AvgIpc) is 2.32. The van der Waals surface area contributed by atoms with Gasteiger partial charge in [0.1, 0.15) is 0 Å². The summed E-state index contributed by atoms with van der Waals surface area (Å²) in [6.07, 6.45) is 0. The molecule has 0 heterocycles. The van der Waals surface area contributed by atoms with E-state index in [0.717, 1.165) is 4.47 Å². The number of halogens is 4. The minimum atomic E-state index is -0.247. The smallest absolute Gasteiger partial charge is 0.256 e. The summed E-state index contributed by atoms with van der Waals surface area (Å²) < 4.78 is 1.59. The number of hydrogen-bond acceptors (Lipinski definition) is 1. The second-order valence-electron chi connectivity index (χ2n) is 3.70. The summed E-state index contributed by atoms with van der Waals surface area (Å²) in [6.45, 7) is 0. The second-order valence-corrected chi connectivity index (χ2v) is 6.32. The van der Waals surface area contributed by atoms with Gasteiger partial charge in [-0.05, 0) is 52.3 Å². The number of amides is 1. The Labute approximate surface area is 137 Å². The zero-order valence-electron chi connectivity index (χ0n) is 9.38. The Morgan fingerprint density at radius 2 is 1.79 bits per heavy atom. The van der Waals surface area contributed by atoms with Crippen LogP contribution >= 0.6 is 55.1 Å². The topological polar surface area (TPSA) is 29.1 Å². The van der Waals surface area contributed by atoms with E-state index >= 15 is 0 Å². The SMILES string of the molecule is O=C(Nc1ccc(Cl)cc1Cl)c1ccc(Br)cc1Br. The molecule has 0 aliphatic carbocycles. The Morgan fingerprint density at radius 3 is 2.42 bits per heavy atom. The molecule has 0 spiro atoms. The van der Waals surface area contributed by atoms with E-state index in [-0.39, 0.29) is 5.91 Å². The summed E-state index contributed by atoms with van der Waals surface area (Å²) in [5.74, 6) is -0.247. The molecule has 19 heavy (non-hydrogen) atoms. The van der Waals surface area contributed by atoms with Gasteiger partial charge in [0.15, 0.2) is 0 Å². The molecule has 1 amide bonds.